The summed E-state index contributed by atoms with van der Waals surface area (Å²) in [5.74, 6) is 1.54. The summed E-state index contributed by atoms with van der Waals surface area (Å²) in [5.41, 5.74) is 0. The van der Waals surface area contributed by atoms with E-state index in [1.54, 1.807) is 0 Å². The van der Waals surface area contributed by atoms with Crippen LogP contribution in [0.25, 0.3) is 0 Å². The standard InChI is InChI=1S/C7H11N3O2S/c1-5-8-9-6(10(5)2)3-13-4-7(11)12/h3-4H2,1-2H3,(H,11,12). The number of carboxylic acid groups (broad SMARTS) is 1. The van der Waals surface area contributed by atoms with E-state index in [9.17, 15) is 4.79 Å². The maximum Gasteiger partial charge on any atom is 0.313 e. The van der Waals surface area contributed by atoms with E-state index >= 15 is 0 Å². The number of thioether (sulfide) groups is 1. The first-order valence-electron chi connectivity index (χ1n) is 3.75. The molecule has 0 saturated heterocycles. The molecule has 6 heteroatoms. The van der Waals surface area contributed by atoms with E-state index in [1.165, 1.54) is 11.8 Å². The van der Waals surface area contributed by atoms with Crippen molar-refractivity contribution in [1.82, 2.24) is 14.8 Å². The number of hydrogen-bond acceptors (Lipinski definition) is 4. The predicted molar refractivity (Wildman–Crippen MR) is 49.5 cm³/mol. The van der Waals surface area contributed by atoms with Crippen LogP contribution >= 0.6 is 11.8 Å². The summed E-state index contributed by atoms with van der Waals surface area (Å²) in [7, 11) is 1.87. The van der Waals surface area contributed by atoms with Crippen LogP contribution in [0.1, 0.15) is 11.6 Å². The Labute approximate surface area is 80.2 Å². The average Bonchev–Trinajstić information content (AvgIpc) is 2.35. The van der Waals surface area contributed by atoms with Gasteiger partial charge in [-0.05, 0) is 6.92 Å². The molecule has 5 nitrogen and oxygen atoms in total. The molecule has 0 radical (unpaired) electrons. The van der Waals surface area contributed by atoms with E-state index in [2.05, 4.69) is 10.2 Å². The van der Waals surface area contributed by atoms with Gasteiger partial charge in [0.25, 0.3) is 0 Å². The largest absolute Gasteiger partial charge is 0.481 e. The van der Waals surface area contributed by atoms with Gasteiger partial charge in [0.1, 0.15) is 11.6 Å². The monoisotopic (exact) mass is 201 g/mol. The fraction of sp³-hybridized carbons (Fsp3) is 0.571. The molecule has 13 heavy (non-hydrogen) atoms. The second-order valence-corrected chi connectivity index (χ2v) is 3.59. The number of nitrogens with zero attached hydrogens (tertiary/aromatic N) is 3. The van der Waals surface area contributed by atoms with Crippen LogP contribution in [-0.4, -0.2) is 31.6 Å². The highest BCUT2D eigenvalue weighted by Gasteiger charge is 2.05. The van der Waals surface area contributed by atoms with E-state index in [4.69, 9.17) is 5.11 Å². The Kier molecular flexibility index (Phi) is 3.30. The van der Waals surface area contributed by atoms with Gasteiger partial charge < -0.3 is 9.67 Å². The maximum atomic E-state index is 10.2. The molecule has 0 spiro atoms. The lowest BCUT2D eigenvalue weighted by atomic mass is 10.6. The summed E-state index contributed by atoms with van der Waals surface area (Å²) >= 11 is 1.32. The summed E-state index contributed by atoms with van der Waals surface area (Å²) < 4.78 is 1.86. The molecule has 0 aromatic carbocycles. The minimum atomic E-state index is -0.802. The average molecular weight is 201 g/mol. The molecule has 1 aromatic heterocycles. The predicted octanol–water partition coefficient (Wildman–Crippen LogP) is 0.441. The van der Waals surface area contributed by atoms with Crippen molar-refractivity contribution in [3.05, 3.63) is 11.6 Å². The number of carbonyl (C=O) groups is 1. The summed E-state index contributed by atoms with van der Waals surface area (Å²) in [4.78, 5) is 10.2. The molecule has 72 valence electrons. The maximum absolute atomic E-state index is 10.2. The molecule has 0 atom stereocenters. The summed E-state index contributed by atoms with van der Waals surface area (Å²) in [6.07, 6.45) is 0. The van der Waals surface area contributed by atoms with Gasteiger partial charge in [0.05, 0.1) is 11.5 Å². The minimum absolute atomic E-state index is 0.103. The Bertz CT molecular complexity index is 311. The fourth-order valence-corrected chi connectivity index (χ4v) is 1.52. The third-order valence-corrected chi connectivity index (χ3v) is 2.55. The van der Waals surface area contributed by atoms with Crippen LogP contribution in [0.4, 0.5) is 0 Å². The van der Waals surface area contributed by atoms with Gasteiger partial charge in [0, 0.05) is 7.05 Å². The number of carboxylic acids is 1. The topological polar surface area (TPSA) is 68.0 Å². The third kappa shape index (κ3) is 2.73. The first kappa shape index (κ1) is 10.0. The first-order valence-corrected chi connectivity index (χ1v) is 4.91. The number of rotatable bonds is 4. The van der Waals surface area contributed by atoms with E-state index in [0.29, 0.717) is 5.75 Å². The molecule has 1 N–H and O–H groups in total. The molecule has 0 fully saturated rings. The highest BCUT2D eigenvalue weighted by atomic mass is 32.2. The highest BCUT2D eigenvalue weighted by Crippen LogP contribution is 2.09. The molecule has 0 unspecified atom stereocenters. The number of aromatic nitrogens is 3. The highest BCUT2D eigenvalue weighted by molar-refractivity contribution is 7.99. The van der Waals surface area contributed by atoms with Crippen LogP contribution in [0.2, 0.25) is 0 Å². The van der Waals surface area contributed by atoms with E-state index in [0.717, 1.165) is 11.6 Å². The van der Waals surface area contributed by atoms with Gasteiger partial charge in [-0.25, -0.2) is 0 Å². The Hall–Kier alpha value is -1.04. The smallest absolute Gasteiger partial charge is 0.313 e. The van der Waals surface area contributed by atoms with Crippen LogP contribution in [0.15, 0.2) is 0 Å². The van der Waals surface area contributed by atoms with Crippen LogP contribution in [0, 0.1) is 6.92 Å². The third-order valence-electron chi connectivity index (χ3n) is 1.64. The van der Waals surface area contributed by atoms with E-state index in [-0.39, 0.29) is 5.75 Å². The summed E-state index contributed by atoms with van der Waals surface area (Å²) in [6, 6.07) is 0. The molecule has 0 bridgehead atoms. The van der Waals surface area contributed by atoms with Gasteiger partial charge in [-0.1, -0.05) is 0 Å². The molecule has 1 aromatic rings. The van der Waals surface area contributed by atoms with Crippen molar-refractivity contribution >= 4 is 17.7 Å². The van der Waals surface area contributed by atoms with Gasteiger partial charge in [0.15, 0.2) is 0 Å². The molecule has 0 amide bonds. The van der Waals surface area contributed by atoms with E-state index < -0.39 is 5.97 Å². The summed E-state index contributed by atoms with van der Waals surface area (Å²) in [6.45, 7) is 1.86. The number of aryl methyl sites for hydroxylation is 1. The van der Waals surface area contributed by atoms with Crippen molar-refractivity contribution in [3.8, 4) is 0 Å². The number of aliphatic carboxylic acids is 1. The van der Waals surface area contributed by atoms with Crippen LogP contribution < -0.4 is 0 Å². The minimum Gasteiger partial charge on any atom is -0.481 e. The molecular formula is C7H11N3O2S. The molecule has 0 aliphatic carbocycles. The van der Waals surface area contributed by atoms with Gasteiger partial charge in [-0.2, -0.15) is 0 Å². The van der Waals surface area contributed by atoms with Gasteiger partial charge in [0.2, 0.25) is 0 Å². The molecule has 0 aliphatic heterocycles. The summed E-state index contributed by atoms with van der Waals surface area (Å²) in [5, 5.41) is 16.2. The van der Waals surface area contributed by atoms with Crippen molar-refractivity contribution in [2.75, 3.05) is 5.75 Å². The first-order chi connectivity index (χ1) is 6.11. The van der Waals surface area contributed by atoms with Crippen molar-refractivity contribution < 1.29 is 9.90 Å². The van der Waals surface area contributed by atoms with Crippen molar-refractivity contribution in [1.29, 1.82) is 0 Å². The quantitative estimate of drug-likeness (QED) is 0.765. The molecule has 1 heterocycles. The molecule has 0 aliphatic rings. The zero-order chi connectivity index (χ0) is 9.84. The zero-order valence-corrected chi connectivity index (χ0v) is 8.34. The molecule has 1 rings (SSSR count). The lowest BCUT2D eigenvalue weighted by molar-refractivity contribution is -0.133. The van der Waals surface area contributed by atoms with Crippen LogP contribution in [0.3, 0.4) is 0 Å². The van der Waals surface area contributed by atoms with Crippen molar-refractivity contribution in [2.45, 2.75) is 12.7 Å². The lowest BCUT2D eigenvalue weighted by Gasteiger charge is -1.99. The van der Waals surface area contributed by atoms with Gasteiger partial charge in [-0.15, -0.1) is 22.0 Å². The molecule has 0 saturated carbocycles. The molecular weight excluding hydrogens is 190 g/mol. The van der Waals surface area contributed by atoms with Crippen molar-refractivity contribution in [2.24, 2.45) is 7.05 Å². The fourth-order valence-electron chi connectivity index (χ4n) is 0.806. The Morgan fingerprint density at radius 2 is 2.31 bits per heavy atom. The SMILES string of the molecule is Cc1nnc(CSCC(=O)O)n1C. The second kappa shape index (κ2) is 4.27. The van der Waals surface area contributed by atoms with Crippen LogP contribution in [0.5, 0.6) is 0 Å². The van der Waals surface area contributed by atoms with Crippen LogP contribution in [-0.2, 0) is 17.6 Å². The normalized spacial score (nSPS) is 10.3. The lowest BCUT2D eigenvalue weighted by Crippen LogP contribution is -2.01. The van der Waals surface area contributed by atoms with Crippen molar-refractivity contribution in [3.63, 3.8) is 0 Å². The Morgan fingerprint density at radius 3 is 2.77 bits per heavy atom. The number of hydrogen-bond donors (Lipinski definition) is 1. The second-order valence-electron chi connectivity index (χ2n) is 2.61. The zero-order valence-electron chi connectivity index (χ0n) is 7.52. The Balaban J connectivity index is 2.45. The van der Waals surface area contributed by atoms with E-state index in [1.807, 2.05) is 18.5 Å². The van der Waals surface area contributed by atoms with Gasteiger partial charge in [-0.3, -0.25) is 4.79 Å². The Morgan fingerprint density at radius 1 is 1.62 bits per heavy atom. The van der Waals surface area contributed by atoms with Gasteiger partial charge >= 0.3 is 5.97 Å².